The maximum Gasteiger partial charge on any atom is 0.335 e. The Balaban J connectivity index is 1.55. The van der Waals surface area contributed by atoms with Crippen molar-refractivity contribution in [3.63, 3.8) is 0 Å². The van der Waals surface area contributed by atoms with E-state index in [0.29, 0.717) is 32.8 Å². The average Bonchev–Trinajstić information content (AvgIpc) is 2.93. The Bertz CT molecular complexity index is 618. The van der Waals surface area contributed by atoms with Crippen LogP contribution in [0, 0.1) is 0 Å². The summed E-state index contributed by atoms with van der Waals surface area (Å²) < 4.78 is 11.5. The number of urea groups is 1. The molecule has 1 aromatic carbocycles. The first-order valence-corrected chi connectivity index (χ1v) is 8.11. The summed E-state index contributed by atoms with van der Waals surface area (Å²) in [6, 6.07) is 6.34. The van der Waals surface area contributed by atoms with Crippen molar-refractivity contribution in [2.75, 3.05) is 26.3 Å². The minimum Gasteiger partial charge on any atom is -0.478 e. The molecule has 0 bridgehead atoms. The molecule has 2 aliphatic rings. The molecule has 2 heterocycles. The van der Waals surface area contributed by atoms with Gasteiger partial charge in [-0.2, -0.15) is 0 Å². The van der Waals surface area contributed by atoms with E-state index in [1.165, 1.54) is 12.1 Å². The second-order valence-electron chi connectivity index (χ2n) is 6.26. The van der Waals surface area contributed by atoms with E-state index in [-0.39, 0.29) is 17.7 Å². The number of nitrogens with one attached hydrogen (secondary N) is 1. The van der Waals surface area contributed by atoms with Crippen molar-refractivity contribution in [2.24, 2.45) is 0 Å². The first kappa shape index (κ1) is 16.7. The Hall–Kier alpha value is -2.12. The Morgan fingerprint density at radius 3 is 2.71 bits per heavy atom. The van der Waals surface area contributed by atoms with Gasteiger partial charge in [-0.1, -0.05) is 12.1 Å². The maximum atomic E-state index is 12.4. The summed E-state index contributed by atoms with van der Waals surface area (Å²) >= 11 is 0. The number of amides is 2. The van der Waals surface area contributed by atoms with Crippen molar-refractivity contribution < 1.29 is 24.2 Å². The summed E-state index contributed by atoms with van der Waals surface area (Å²) in [4.78, 5) is 25.0. The Kier molecular flexibility index (Phi) is 4.73. The van der Waals surface area contributed by atoms with Crippen LogP contribution in [0.25, 0.3) is 0 Å². The zero-order valence-corrected chi connectivity index (χ0v) is 13.7. The molecule has 0 aliphatic carbocycles. The fourth-order valence-electron chi connectivity index (χ4n) is 3.20. The molecule has 1 aromatic rings. The molecule has 2 saturated heterocycles. The van der Waals surface area contributed by atoms with Crippen LogP contribution in [0.4, 0.5) is 4.79 Å². The van der Waals surface area contributed by atoms with E-state index in [9.17, 15) is 9.59 Å². The highest BCUT2D eigenvalue weighted by atomic mass is 16.6. The van der Waals surface area contributed by atoms with Crippen LogP contribution in [0.15, 0.2) is 24.3 Å². The minimum atomic E-state index is -0.961. The summed E-state index contributed by atoms with van der Waals surface area (Å²) in [5, 5.41) is 11.8. The third-order valence-electron chi connectivity index (χ3n) is 4.78. The fraction of sp³-hybridized carbons (Fsp3) is 0.529. The Morgan fingerprint density at radius 1 is 1.33 bits per heavy atom. The number of aromatic carboxylic acids is 1. The highest BCUT2D eigenvalue weighted by Crippen LogP contribution is 2.32. The Morgan fingerprint density at radius 2 is 2.08 bits per heavy atom. The van der Waals surface area contributed by atoms with Gasteiger partial charge in [0.25, 0.3) is 0 Å². The summed E-state index contributed by atoms with van der Waals surface area (Å²) in [7, 11) is 0. The third-order valence-corrected chi connectivity index (χ3v) is 4.78. The zero-order chi connectivity index (χ0) is 17.2. The van der Waals surface area contributed by atoms with Crippen LogP contribution in [0.5, 0.6) is 0 Å². The van der Waals surface area contributed by atoms with Gasteiger partial charge >= 0.3 is 12.0 Å². The maximum absolute atomic E-state index is 12.4. The van der Waals surface area contributed by atoms with Gasteiger partial charge in [-0.25, -0.2) is 9.59 Å². The van der Waals surface area contributed by atoms with Crippen molar-refractivity contribution in [3.8, 4) is 0 Å². The third kappa shape index (κ3) is 3.37. The number of ether oxygens (including phenoxy) is 2. The van der Waals surface area contributed by atoms with E-state index in [4.69, 9.17) is 14.6 Å². The molecule has 1 spiro atoms. The average molecular weight is 334 g/mol. The normalized spacial score (nSPS) is 26.5. The quantitative estimate of drug-likeness (QED) is 0.874. The number of carboxylic acid groups (broad SMARTS) is 1. The standard InChI is InChI=1S/C17H22N2O5/c1-12-17(6-8-23-12)11-19(7-9-24-17)16(22)18-10-13-2-4-14(5-3-13)15(20)21/h2-5,12H,6-11H2,1H3,(H,18,22)(H,20,21). The van der Waals surface area contributed by atoms with Gasteiger partial charge in [0, 0.05) is 26.1 Å². The van der Waals surface area contributed by atoms with Gasteiger partial charge in [0.15, 0.2) is 0 Å². The molecular formula is C17H22N2O5. The van der Waals surface area contributed by atoms with Crippen LogP contribution in [-0.2, 0) is 16.0 Å². The van der Waals surface area contributed by atoms with Crippen molar-refractivity contribution >= 4 is 12.0 Å². The van der Waals surface area contributed by atoms with Crippen LogP contribution >= 0.6 is 0 Å². The van der Waals surface area contributed by atoms with E-state index in [2.05, 4.69) is 5.32 Å². The van der Waals surface area contributed by atoms with Crippen LogP contribution in [0.2, 0.25) is 0 Å². The number of hydrogen-bond donors (Lipinski definition) is 2. The molecule has 2 fully saturated rings. The topological polar surface area (TPSA) is 88.1 Å². The van der Waals surface area contributed by atoms with Crippen LogP contribution in [0.3, 0.4) is 0 Å². The second kappa shape index (κ2) is 6.78. The molecule has 7 nitrogen and oxygen atoms in total. The predicted molar refractivity (Wildman–Crippen MR) is 85.9 cm³/mol. The van der Waals surface area contributed by atoms with Crippen molar-refractivity contribution in [2.45, 2.75) is 31.6 Å². The lowest BCUT2D eigenvalue weighted by atomic mass is 9.94. The van der Waals surface area contributed by atoms with Gasteiger partial charge in [-0.05, 0) is 24.6 Å². The summed E-state index contributed by atoms with van der Waals surface area (Å²) in [6.45, 7) is 4.59. The van der Waals surface area contributed by atoms with E-state index >= 15 is 0 Å². The van der Waals surface area contributed by atoms with Gasteiger partial charge in [0.2, 0.25) is 0 Å². The van der Waals surface area contributed by atoms with E-state index in [1.807, 2.05) is 6.92 Å². The zero-order valence-electron chi connectivity index (χ0n) is 13.7. The second-order valence-corrected chi connectivity index (χ2v) is 6.26. The molecule has 7 heteroatoms. The molecule has 0 saturated carbocycles. The number of nitrogens with zero attached hydrogens (tertiary/aromatic N) is 1. The monoisotopic (exact) mass is 334 g/mol. The number of carboxylic acids is 1. The van der Waals surface area contributed by atoms with Crippen LogP contribution in [-0.4, -0.2) is 60.0 Å². The molecule has 2 N–H and O–H groups in total. The molecule has 0 aromatic heterocycles. The summed E-state index contributed by atoms with van der Waals surface area (Å²) in [5.74, 6) is -0.961. The van der Waals surface area contributed by atoms with Gasteiger partial charge in [-0.15, -0.1) is 0 Å². The number of carbonyl (C=O) groups excluding carboxylic acids is 1. The summed E-state index contributed by atoms with van der Waals surface area (Å²) in [6.07, 6.45) is 0.783. The molecule has 24 heavy (non-hydrogen) atoms. The number of morpholine rings is 1. The van der Waals surface area contributed by atoms with Gasteiger partial charge in [0.05, 0.1) is 24.8 Å². The largest absolute Gasteiger partial charge is 0.478 e. The molecule has 2 unspecified atom stereocenters. The minimum absolute atomic E-state index is 0.0170. The van der Waals surface area contributed by atoms with E-state index in [0.717, 1.165) is 12.0 Å². The molecule has 0 radical (unpaired) electrons. The van der Waals surface area contributed by atoms with Gasteiger partial charge in [-0.3, -0.25) is 0 Å². The highest BCUT2D eigenvalue weighted by Gasteiger charge is 2.46. The number of benzene rings is 1. The number of rotatable bonds is 3. The predicted octanol–water partition coefficient (Wildman–Crippen LogP) is 1.47. The first-order valence-electron chi connectivity index (χ1n) is 8.11. The van der Waals surface area contributed by atoms with Crippen LogP contribution in [0.1, 0.15) is 29.3 Å². The number of hydrogen-bond acceptors (Lipinski definition) is 4. The molecule has 2 atom stereocenters. The lowest BCUT2D eigenvalue weighted by molar-refractivity contribution is -0.125. The molecule has 2 amide bonds. The van der Waals surface area contributed by atoms with Crippen molar-refractivity contribution in [1.29, 1.82) is 0 Å². The van der Waals surface area contributed by atoms with Crippen molar-refractivity contribution in [3.05, 3.63) is 35.4 Å². The summed E-state index contributed by atoms with van der Waals surface area (Å²) in [5.41, 5.74) is 0.697. The lowest BCUT2D eigenvalue weighted by Crippen LogP contribution is -2.58. The molecular weight excluding hydrogens is 312 g/mol. The highest BCUT2D eigenvalue weighted by molar-refractivity contribution is 5.87. The van der Waals surface area contributed by atoms with Crippen LogP contribution < -0.4 is 5.32 Å². The smallest absolute Gasteiger partial charge is 0.335 e. The number of carbonyl (C=O) groups is 2. The Labute approximate surface area is 140 Å². The fourth-order valence-corrected chi connectivity index (χ4v) is 3.20. The van der Waals surface area contributed by atoms with Gasteiger partial charge < -0.3 is 24.8 Å². The first-order chi connectivity index (χ1) is 11.5. The van der Waals surface area contributed by atoms with Gasteiger partial charge in [0.1, 0.15) is 5.60 Å². The molecule has 3 rings (SSSR count). The van der Waals surface area contributed by atoms with Crippen molar-refractivity contribution in [1.82, 2.24) is 10.2 Å². The van der Waals surface area contributed by atoms with E-state index < -0.39 is 11.6 Å². The SMILES string of the molecule is CC1OCCC12CN(C(=O)NCc1ccc(C(=O)O)cc1)CCO2. The molecule has 130 valence electrons. The molecule has 2 aliphatic heterocycles. The van der Waals surface area contributed by atoms with E-state index in [1.54, 1.807) is 17.0 Å². The lowest BCUT2D eigenvalue weighted by Gasteiger charge is -2.41.